The van der Waals surface area contributed by atoms with Gasteiger partial charge in [0.15, 0.2) is 6.10 Å². The van der Waals surface area contributed by atoms with E-state index in [1.807, 2.05) is 6.08 Å². The van der Waals surface area contributed by atoms with E-state index >= 15 is 0 Å². The van der Waals surface area contributed by atoms with Gasteiger partial charge in [-0.05, 0) is 25.7 Å². The van der Waals surface area contributed by atoms with Crippen molar-refractivity contribution in [2.45, 2.75) is 230 Å². The Bertz CT molecular complexity index is 1040. The SMILES string of the molecule is CCCCCCCCCCCCC/C=C/CCC(=O)OC[C@@H](COP(=O)(O)OC1C(O)C(O)C(O)[C@H](O)C1O)OC(=O)CCCCCCCCCCCCCC. The third kappa shape index (κ3) is 25.8. The molecular formula is C42H79O13P. The number of esters is 2. The Morgan fingerprint density at radius 3 is 1.43 bits per heavy atom. The maximum absolute atomic E-state index is 12.8. The minimum atomic E-state index is -5.11. The third-order valence-electron chi connectivity index (χ3n) is 10.4. The van der Waals surface area contributed by atoms with E-state index in [1.165, 1.54) is 109 Å². The summed E-state index contributed by atoms with van der Waals surface area (Å²) < 4.78 is 33.4. The zero-order valence-corrected chi connectivity index (χ0v) is 35.6. The lowest BCUT2D eigenvalue weighted by Gasteiger charge is -2.41. The predicted octanol–water partition coefficient (Wildman–Crippen LogP) is 7.89. The van der Waals surface area contributed by atoms with Gasteiger partial charge in [-0.1, -0.05) is 161 Å². The van der Waals surface area contributed by atoms with Crippen molar-refractivity contribution in [2.24, 2.45) is 0 Å². The monoisotopic (exact) mass is 823 g/mol. The number of hydrogen-bond acceptors (Lipinski definition) is 12. The van der Waals surface area contributed by atoms with Crippen molar-refractivity contribution < 1.29 is 63.1 Å². The quantitative estimate of drug-likeness (QED) is 0.0154. The van der Waals surface area contributed by atoms with Crippen molar-refractivity contribution in [3.8, 4) is 0 Å². The van der Waals surface area contributed by atoms with Crippen LogP contribution in [0.5, 0.6) is 0 Å². The first-order chi connectivity index (χ1) is 26.9. The van der Waals surface area contributed by atoms with Crippen LogP contribution in [0.25, 0.3) is 0 Å². The lowest BCUT2D eigenvalue weighted by molar-refractivity contribution is -0.220. The average molecular weight is 823 g/mol. The number of ether oxygens (including phenoxy) is 2. The van der Waals surface area contributed by atoms with Crippen LogP contribution in [-0.4, -0.2) is 98.3 Å². The highest BCUT2D eigenvalue weighted by Crippen LogP contribution is 2.47. The fraction of sp³-hybridized carbons (Fsp3) is 0.905. The van der Waals surface area contributed by atoms with Gasteiger partial charge in [0.2, 0.25) is 0 Å². The highest BCUT2D eigenvalue weighted by Gasteiger charge is 2.51. The van der Waals surface area contributed by atoms with E-state index in [4.69, 9.17) is 18.5 Å². The zero-order valence-electron chi connectivity index (χ0n) is 34.7. The number of aliphatic hydroxyl groups excluding tert-OH is 5. The van der Waals surface area contributed by atoms with Gasteiger partial charge in [-0.3, -0.25) is 18.6 Å². The zero-order chi connectivity index (χ0) is 41.4. The van der Waals surface area contributed by atoms with Gasteiger partial charge in [0, 0.05) is 12.8 Å². The van der Waals surface area contributed by atoms with Crippen molar-refractivity contribution in [1.29, 1.82) is 0 Å². The number of carbonyl (C=O) groups is 2. The number of unbranched alkanes of at least 4 members (excludes halogenated alkanes) is 22. The van der Waals surface area contributed by atoms with E-state index < -0.39 is 75.7 Å². The van der Waals surface area contributed by atoms with Gasteiger partial charge in [0.05, 0.1) is 6.61 Å². The molecule has 0 heterocycles. The van der Waals surface area contributed by atoms with Gasteiger partial charge < -0.3 is 39.9 Å². The minimum absolute atomic E-state index is 0.0880. The molecule has 14 heteroatoms. The van der Waals surface area contributed by atoms with Crippen LogP contribution in [0.2, 0.25) is 0 Å². The summed E-state index contributed by atoms with van der Waals surface area (Å²) >= 11 is 0. The summed E-state index contributed by atoms with van der Waals surface area (Å²) in [5.74, 6) is -1.15. The first kappa shape index (κ1) is 52.6. The summed E-state index contributed by atoms with van der Waals surface area (Å²) in [4.78, 5) is 35.5. The van der Waals surface area contributed by atoms with Gasteiger partial charge in [0.25, 0.3) is 0 Å². The highest BCUT2D eigenvalue weighted by atomic mass is 31.2. The molecule has 1 aliphatic rings. The second-order valence-corrected chi connectivity index (χ2v) is 17.0. The van der Waals surface area contributed by atoms with Crippen molar-refractivity contribution in [3.63, 3.8) is 0 Å². The summed E-state index contributed by atoms with van der Waals surface area (Å²) in [6, 6.07) is 0. The number of hydrogen-bond donors (Lipinski definition) is 6. The lowest BCUT2D eigenvalue weighted by Crippen LogP contribution is -2.64. The second-order valence-electron chi connectivity index (χ2n) is 15.6. The summed E-state index contributed by atoms with van der Waals surface area (Å²) in [5.41, 5.74) is 0. The molecule has 1 fully saturated rings. The first-order valence-electron chi connectivity index (χ1n) is 22.0. The fourth-order valence-corrected chi connectivity index (χ4v) is 7.75. The van der Waals surface area contributed by atoms with Crippen molar-refractivity contribution in [1.82, 2.24) is 0 Å². The van der Waals surface area contributed by atoms with E-state index in [0.717, 1.165) is 38.5 Å². The molecule has 0 spiro atoms. The van der Waals surface area contributed by atoms with Gasteiger partial charge in [-0.25, -0.2) is 4.57 Å². The van der Waals surface area contributed by atoms with Crippen LogP contribution in [-0.2, 0) is 32.7 Å². The van der Waals surface area contributed by atoms with E-state index in [0.29, 0.717) is 12.8 Å². The highest BCUT2D eigenvalue weighted by molar-refractivity contribution is 7.47. The van der Waals surface area contributed by atoms with Gasteiger partial charge in [0.1, 0.15) is 43.2 Å². The molecule has 0 bridgehead atoms. The van der Waals surface area contributed by atoms with Crippen molar-refractivity contribution >= 4 is 19.8 Å². The normalized spacial score (nSPS) is 22.9. The molecule has 0 aromatic heterocycles. The second kappa shape index (κ2) is 33.4. The summed E-state index contributed by atoms with van der Waals surface area (Å²) in [6.07, 6.45) is 20.0. The molecule has 1 rings (SSSR count). The summed E-state index contributed by atoms with van der Waals surface area (Å²) in [7, 11) is -5.11. The molecule has 0 saturated heterocycles. The molecule has 0 radical (unpaired) electrons. The van der Waals surface area contributed by atoms with E-state index in [2.05, 4.69) is 19.9 Å². The topological polar surface area (TPSA) is 210 Å². The molecule has 8 atom stereocenters. The van der Waals surface area contributed by atoms with Gasteiger partial charge in [-0.2, -0.15) is 0 Å². The Morgan fingerprint density at radius 1 is 0.536 bits per heavy atom. The Hall–Kier alpha value is -1.41. The van der Waals surface area contributed by atoms with Crippen LogP contribution < -0.4 is 0 Å². The van der Waals surface area contributed by atoms with Crippen LogP contribution in [0.3, 0.4) is 0 Å². The van der Waals surface area contributed by atoms with Crippen LogP contribution in [0, 0.1) is 0 Å². The van der Waals surface area contributed by atoms with Crippen molar-refractivity contribution in [2.75, 3.05) is 13.2 Å². The van der Waals surface area contributed by atoms with Crippen LogP contribution >= 0.6 is 7.82 Å². The Kier molecular flexibility index (Phi) is 31.4. The van der Waals surface area contributed by atoms with Crippen molar-refractivity contribution in [3.05, 3.63) is 12.2 Å². The Morgan fingerprint density at radius 2 is 0.946 bits per heavy atom. The Labute approximate surface area is 337 Å². The van der Waals surface area contributed by atoms with Crippen LogP contribution in [0.1, 0.15) is 187 Å². The fourth-order valence-electron chi connectivity index (χ4n) is 6.78. The molecule has 330 valence electrons. The molecule has 56 heavy (non-hydrogen) atoms. The molecule has 0 amide bonds. The Balaban J connectivity index is 2.49. The van der Waals surface area contributed by atoms with Crippen LogP contribution in [0.4, 0.5) is 0 Å². The molecule has 1 saturated carbocycles. The molecule has 6 unspecified atom stereocenters. The molecule has 0 aromatic rings. The number of phosphoric acid groups is 1. The number of phosphoric ester groups is 1. The number of rotatable bonds is 36. The molecule has 1 aliphatic carbocycles. The molecule has 13 nitrogen and oxygen atoms in total. The summed E-state index contributed by atoms with van der Waals surface area (Å²) in [5, 5.41) is 50.0. The predicted molar refractivity (Wildman–Crippen MR) is 217 cm³/mol. The van der Waals surface area contributed by atoms with Gasteiger partial charge in [-0.15, -0.1) is 0 Å². The number of carbonyl (C=O) groups excluding carboxylic acids is 2. The molecule has 6 N–H and O–H groups in total. The number of allylic oxidation sites excluding steroid dienone is 2. The van der Waals surface area contributed by atoms with Gasteiger partial charge >= 0.3 is 19.8 Å². The largest absolute Gasteiger partial charge is 0.472 e. The smallest absolute Gasteiger partial charge is 0.462 e. The molecule has 0 aromatic carbocycles. The van der Waals surface area contributed by atoms with Crippen LogP contribution in [0.15, 0.2) is 12.2 Å². The lowest BCUT2D eigenvalue weighted by atomic mass is 9.85. The maximum atomic E-state index is 12.8. The first-order valence-corrected chi connectivity index (χ1v) is 23.5. The molecular weight excluding hydrogens is 743 g/mol. The summed E-state index contributed by atoms with van der Waals surface area (Å²) in [6.45, 7) is 3.26. The van der Waals surface area contributed by atoms with E-state index in [1.54, 1.807) is 0 Å². The standard InChI is InChI=1S/C42H79O13P/c1-3-5-7-9-11-13-15-17-18-19-21-22-24-26-28-30-35(43)52-32-34(54-36(44)31-29-27-25-23-20-16-14-12-10-8-6-4-2)33-53-56(50,51)55-42-40(48)38(46)37(45)39(47)41(42)49/h24,26,34,37-42,45-49H,3-23,25,27-33H2,1-2H3,(H,50,51)/b26-24+/t34-,37?,38-,39?,40?,41?,42?/m0/s1. The minimum Gasteiger partial charge on any atom is -0.462 e. The van der Waals surface area contributed by atoms with E-state index in [-0.39, 0.29) is 12.8 Å². The van der Waals surface area contributed by atoms with E-state index in [9.17, 15) is 44.6 Å². The average Bonchev–Trinajstić information content (AvgIpc) is 3.18. The number of aliphatic hydroxyl groups is 5. The maximum Gasteiger partial charge on any atom is 0.472 e. The molecule has 0 aliphatic heterocycles. The third-order valence-corrected chi connectivity index (χ3v) is 11.4.